The molecule has 4 rings (SSSR count). The van der Waals surface area contributed by atoms with Crippen molar-refractivity contribution in [2.24, 2.45) is 0 Å². The molecule has 1 aliphatic rings. The van der Waals surface area contributed by atoms with Crippen LogP contribution in [0.4, 0.5) is 10.8 Å². The molecule has 0 aliphatic carbocycles. The van der Waals surface area contributed by atoms with Crippen molar-refractivity contribution in [1.82, 2.24) is 4.98 Å². The fraction of sp³-hybridized carbons (Fsp3) is 0.150. The van der Waals surface area contributed by atoms with Gasteiger partial charge in [-0.1, -0.05) is 29.8 Å². The second-order valence-corrected chi connectivity index (χ2v) is 7.49. The first kappa shape index (κ1) is 18.5. The van der Waals surface area contributed by atoms with Crippen LogP contribution in [0.15, 0.2) is 47.8 Å². The Hall–Kier alpha value is -2.90. The molecule has 1 aliphatic heterocycles. The third-order valence-electron chi connectivity index (χ3n) is 4.24. The summed E-state index contributed by atoms with van der Waals surface area (Å²) in [4.78, 5) is 28.1. The Morgan fingerprint density at radius 3 is 2.96 bits per heavy atom. The highest BCUT2D eigenvalue weighted by Crippen LogP contribution is 2.30. The normalized spacial score (nSPS) is 12.8. The topological polar surface area (TPSA) is 80.3 Å². The number of para-hydroxylation sites is 1. The number of aryl methyl sites for hydroxylation is 1. The first-order valence-corrected chi connectivity index (χ1v) is 9.90. The molecule has 0 spiro atoms. The van der Waals surface area contributed by atoms with E-state index >= 15 is 0 Å². The van der Waals surface area contributed by atoms with Gasteiger partial charge in [0, 0.05) is 23.1 Å². The summed E-state index contributed by atoms with van der Waals surface area (Å²) in [5.74, 6) is 0.187. The number of carbonyl (C=O) groups is 2. The van der Waals surface area contributed by atoms with Gasteiger partial charge in [0.05, 0.1) is 10.7 Å². The quantitative estimate of drug-likeness (QED) is 0.651. The molecule has 2 amide bonds. The van der Waals surface area contributed by atoms with Gasteiger partial charge in [-0.15, -0.1) is 11.3 Å². The molecule has 0 saturated carbocycles. The lowest BCUT2D eigenvalue weighted by Crippen LogP contribution is -2.20. The standard InChI is InChI=1S/C20H16ClN3O3S/c21-14-3-1-2-4-17(14)27-10-19(26)24-20-23-16(11-28-20)13-5-7-15-12(9-13)6-8-18(25)22-15/h1-5,7,9,11H,6,8,10H2,(H,22,25)(H,23,24,26). The van der Waals surface area contributed by atoms with Crippen molar-refractivity contribution in [3.63, 3.8) is 0 Å². The Morgan fingerprint density at radius 2 is 2.11 bits per heavy atom. The monoisotopic (exact) mass is 413 g/mol. The van der Waals surface area contributed by atoms with E-state index in [0.29, 0.717) is 28.7 Å². The molecule has 28 heavy (non-hydrogen) atoms. The van der Waals surface area contributed by atoms with Crippen molar-refractivity contribution < 1.29 is 14.3 Å². The van der Waals surface area contributed by atoms with Crippen LogP contribution in [0, 0.1) is 0 Å². The largest absolute Gasteiger partial charge is 0.482 e. The minimum atomic E-state index is -0.311. The van der Waals surface area contributed by atoms with E-state index < -0.39 is 0 Å². The second-order valence-electron chi connectivity index (χ2n) is 6.23. The van der Waals surface area contributed by atoms with Crippen molar-refractivity contribution in [3.8, 4) is 17.0 Å². The van der Waals surface area contributed by atoms with Gasteiger partial charge in [-0.05, 0) is 36.2 Å². The number of fused-ring (bicyclic) bond motifs is 1. The highest BCUT2D eigenvalue weighted by molar-refractivity contribution is 7.14. The highest BCUT2D eigenvalue weighted by atomic mass is 35.5. The molecular weight excluding hydrogens is 398 g/mol. The van der Waals surface area contributed by atoms with Crippen LogP contribution in [0.3, 0.4) is 0 Å². The van der Waals surface area contributed by atoms with Crippen molar-refractivity contribution in [2.45, 2.75) is 12.8 Å². The van der Waals surface area contributed by atoms with E-state index in [1.54, 1.807) is 24.3 Å². The van der Waals surface area contributed by atoms with Crippen molar-refractivity contribution in [1.29, 1.82) is 0 Å². The Kier molecular flexibility index (Phi) is 5.27. The molecular formula is C20H16ClN3O3S. The van der Waals surface area contributed by atoms with Gasteiger partial charge >= 0.3 is 0 Å². The van der Waals surface area contributed by atoms with Crippen LogP contribution >= 0.6 is 22.9 Å². The number of rotatable bonds is 5. The number of carbonyl (C=O) groups excluding carboxylic acids is 2. The summed E-state index contributed by atoms with van der Waals surface area (Å²) in [6, 6.07) is 12.8. The van der Waals surface area contributed by atoms with E-state index in [1.807, 2.05) is 23.6 Å². The first-order valence-electron chi connectivity index (χ1n) is 8.64. The third kappa shape index (κ3) is 4.16. The molecule has 0 radical (unpaired) electrons. The lowest BCUT2D eigenvalue weighted by Gasteiger charge is -2.17. The number of aromatic nitrogens is 1. The minimum Gasteiger partial charge on any atom is -0.482 e. The van der Waals surface area contributed by atoms with Gasteiger partial charge in [0.15, 0.2) is 11.7 Å². The number of halogens is 1. The van der Waals surface area contributed by atoms with Crippen LogP contribution in [0.25, 0.3) is 11.3 Å². The number of hydrogen-bond acceptors (Lipinski definition) is 5. The molecule has 1 aromatic heterocycles. The van der Waals surface area contributed by atoms with Crippen molar-refractivity contribution >= 4 is 45.6 Å². The van der Waals surface area contributed by atoms with Crippen LogP contribution < -0.4 is 15.4 Å². The molecule has 2 N–H and O–H groups in total. The first-order chi connectivity index (χ1) is 13.6. The van der Waals surface area contributed by atoms with Crippen LogP contribution in [0.2, 0.25) is 5.02 Å². The predicted octanol–water partition coefficient (Wildman–Crippen LogP) is 4.37. The number of thiazole rings is 1. The zero-order chi connectivity index (χ0) is 19.5. The molecule has 3 aromatic rings. The number of nitrogens with one attached hydrogen (secondary N) is 2. The summed E-state index contributed by atoms with van der Waals surface area (Å²) >= 11 is 7.35. The molecule has 0 saturated heterocycles. The summed E-state index contributed by atoms with van der Waals surface area (Å²) in [5.41, 5.74) is 3.65. The molecule has 2 heterocycles. The number of ether oxygens (including phenoxy) is 1. The van der Waals surface area contributed by atoms with Crippen LogP contribution in [-0.2, 0) is 16.0 Å². The maximum Gasteiger partial charge on any atom is 0.264 e. The Bertz CT molecular complexity index is 1050. The second kappa shape index (κ2) is 8.00. The zero-order valence-corrected chi connectivity index (χ0v) is 16.3. The molecule has 2 aromatic carbocycles. The van der Waals surface area contributed by atoms with Crippen molar-refractivity contribution in [2.75, 3.05) is 17.2 Å². The molecule has 0 atom stereocenters. The maximum atomic E-state index is 12.1. The Morgan fingerprint density at radius 1 is 1.25 bits per heavy atom. The molecule has 8 heteroatoms. The lowest BCUT2D eigenvalue weighted by molar-refractivity contribution is -0.118. The van der Waals surface area contributed by atoms with Crippen molar-refractivity contribution in [3.05, 3.63) is 58.4 Å². The van der Waals surface area contributed by atoms with E-state index in [2.05, 4.69) is 15.6 Å². The smallest absolute Gasteiger partial charge is 0.264 e. The summed E-state index contributed by atoms with van der Waals surface area (Å²) < 4.78 is 5.43. The van der Waals surface area contributed by atoms with Gasteiger partial charge in [0.1, 0.15) is 5.75 Å². The van der Waals surface area contributed by atoms with E-state index in [-0.39, 0.29) is 18.4 Å². The lowest BCUT2D eigenvalue weighted by atomic mass is 9.99. The Labute approximate surface area is 170 Å². The van der Waals surface area contributed by atoms with Gasteiger partial charge in [-0.3, -0.25) is 14.9 Å². The van der Waals surface area contributed by atoms with E-state index in [9.17, 15) is 9.59 Å². The third-order valence-corrected chi connectivity index (χ3v) is 5.31. The molecule has 0 fully saturated rings. The minimum absolute atomic E-state index is 0.0397. The fourth-order valence-electron chi connectivity index (χ4n) is 2.87. The number of hydrogen-bond donors (Lipinski definition) is 2. The molecule has 6 nitrogen and oxygen atoms in total. The van der Waals surface area contributed by atoms with Gasteiger partial charge < -0.3 is 10.1 Å². The van der Waals surface area contributed by atoms with E-state index in [1.165, 1.54) is 11.3 Å². The summed E-state index contributed by atoms with van der Waals surface area (Å²) in [5, 5.41) is 8.43. The van der Waals surface area contributed by atoms with Gasteiger partial charge in [0.2, 0.25) is 5.91 Å². The van der Waals surface area contributed by atoms with Crippen LogP contribution in [-0.4, -0.2) is 23.4 Å². The van der Waals surface area contributed by atoms with E-state index in [0.717, 1.165) is 22.5 Å². The summed E-state index contributed by atoms with van der Waals surface area (Å²) in [6.45, 7) is -0.156. The van der Waals surface area contributed by atoms with E-state index in [4.69, 9.17) is 16.3 Å². The SMILES string of the molecule is O=C(COc1ccccc1Cl)Nc1nc(-c2ccc3c(c2)CCC(=O)N3)cs1. The number of benzene rings is 2. The highest BCUT2D eigenvalue weighted by Gasteiger charge is 2.16. The van der Waals surface area contributed by atoms with Crippen LogP contribution in [0.1, 0.15) is 12.0 Å². The molecule has 0 unspecified atom stereocenters. The number of anilines is 2. The van der Waals surface area contributed by atoms with Crippen LogP contribution in [0.5, 0.6) is 5.75 Å². The van der Waals surface area contributed by atoms with Gasteiger partial charge in [0.25, 0.3) is 5.91 Å². The Balaban J connectivity index is 1.40. The molecule has 0 bridgehead atoms. The average Bonchev–Trinajstić information content (AvgIpc) is 3.15. The van der Waals surface area contributed by atoms with Gasteiger partial charge in [-0.25, -0.2) is 4.98 Å². The predicted molar refractivity (Wildman–Crippen MR) is 110 cm³/mol. The summed E-state index contributed by atoms with van der Waals surface area (Å²) in [6.07, 6.45) is 1.20. The maximum absolute atomic E-state index is 12.1. The summed E-state index contributed by atoms with van der Waals surface area (Å²) in [7, 11) is 0. The number of amides is 2. The van der Waals surface area contributed by atoms with Gasteiger partial charge in [-0.2, -0.15) is 0 Å². The molecule has 142 valence electrons. The zero-order valence-electron chi connectivity index (χ0n) is 14.7. The average molecular weight is 414 g/mol. The number of nitrogens with zero attached hydrogens (tertiary/aromatic N) is 1. The fourth-order valence-corrected chi connectivity index (χ4v) is 3.79.